The van der Waals surface area contributed by atoms with Gasteiger partial charge in [0.25, 0.3) is 0 Å². The molecule has 0 aromatic carbocycles. The third-order valence-corrected chi connectivity index (χ3v) is 2.39. The van der Waals surface area contributed by atoms with Gasteiger partial charge in [0.2, 0.25) is 0 Å². The molecule has 3 heteroatoms. The number of imidazole rings is 1. The maximum Gasteiger partial charge on any atom is 0.106 e. The normalized spacial score (nSPS) is 9.94. The predicted molar refractivity (Wildman–Crippen MR) is 85.1 cm³/mol. The first-order valence-electron chi connectivity index (χ1n) is 6.85. The molecule has 0 fully saturated rings. The van der Waals surface area contributed by atoms with Gasteiger partial charge in [0.1, 0.15) is 5.82 Å². The van der Waals surface area contributed by atoms with Crippen LogP contribution in [0.4, 0.5) is 0 Å². The van der Waals surface area contributed by atoms with E-state index in [4.69, 9.17) is 0 Å². The first kappa shape index (κ1) is 16.9. The fourth-order valence-electron chi connectivity index (χ4n) is 1.76. The van der Waals surface area contributed by atoms with E-state index in [1.54, 1.807) is 0 Å². The Labute approximate surface area is 120 Å². The zero-order valence-corrected chi connectivity index (χ0v) is 13.9. The van der Waals surface area contributed by atoms with Crippen LogP contribution >= 0.6 is 22.6 Å². The van der Waals surface area contributed by atoms with Crippen molar-refractivity contribution in [2.75, 3.05) is 4.43 Å². The minimum atomic E-state index is 1.08. The number of aryl methyl sites for hydroxylation is 3. The van der Waals surface area contributed by atoms with E-state index in [0.29, 0.717) is 0 Å². The Morgan fingerprint density at radius 3 is 1.94 bits per heavy atom. The molecule has 0 aliphatic heterocycles. The fourth-order valence-corrected chi connectivity index (χ4v) is 1.76. The molecule has 0 saturated heterocycles. The van der Waals surface area contributed by atoms with Gasteiger partial charge in [0, 0.05) is 12.1 Å². The molecule has 0 aliphatic rings. The lowest BCUT2D eigenvalue weighted by molar-refractivity contribution is 0.831. The van der Waals surface area contributed by atoms with Crippen molar-refractivity contribution in [2.45, 2.75) is 66.2 Å². The summed E-state index contributed by atoms with van der Waals surface area (Å²) in [6.07, 6.45) is 6.91. The summed E-state index contributed by atoms with van der Waals surface area (Å²) in [5.41, 5.74) is 2.68. The number of H-pyrrole nitrogens is 1. The zero-order chi connectivity index (χ0) is 13.1. The largest absolute Gasteiger partial charge is 0.346 e. The van der Waals surface area contributed by atoms with E-state index in [2.05, 4.69) is 60.3 Å². The maximum atomic E-state index is 4.65. The summed E-state index contributed by atoms with van der Waals surface area (Å²) in [6, 6.07) is 0. The third kappa shape index (κ3) is 7.06. The van der Waals surface area contributed by atoms with E-state index in [9.17, 15) is 0 Å². The van der Waals surface area contributed by atoms with Gasteiger partial charge in [-0.15, -0.1) is 0 Å². The second-order valence-corrected chi connectivity index (χ2v) is 5.65. The monoisotopic (exact) mass is 350 g/mol. The second kappa shape index (κ2) is 11.1. The average Bonchev–Trinajstić information content (AvgIpc) is 2.64. The van der Waals surface area contributed by atoms with E-state index >= 15 is 0 Å². The number of hydrogen-bond acceptors (Lipinski definition) is 1. The van der Waals surface area contributed by atoms with Crippen molar-refractivity contribution < 1.29 is 0 Å². The summed E-state index contributed by atoms with van der Waals surface area (Å²) >= 11 is 2.29. The predicted octanol–water partition coefficient (Wildman–Crippen LogP) is 4.71. The van der Waals surface area contributed by atoms with Crippen LogP contribution in [0.1, 0.15) is 64.2 Å². The number of halogens is 1. The van der Waals surface area contributed by atoms with Crippen molar-refractivity contribution in [3.63, 3.8) is 0 Å². The molecule has 100 valence electrons. The van der Waals surface area contributed by atoms with Crippen LogP contribution in [-0.4, -0.2) is 14.4 Å². The highest BCUT2D eigenvalue weighted by atomic mass is 127. The van der Waals surface area contributed by atoms with Crippen LogP contribution in [0.2, 0.25) is 0 Å². The molecule has 0 spiro atoms. The zero-order valence-electron chi connectivity index (χ0n) is 11.8. The van der Waals surface area contributed by atoms with E-state index in [1.807, 2.05) is 0 Å². The van der Waals surface area contributed by atoms with Crippen LogP contribution in [0.15, 0.2) is 0 Å². The molecule has 17 heavy (non-hydrogen) atoms. The quantitative estimate of drug-likeness (QED) is 0.584. The molecule has 1 aromatic rings. The van der Waals surface area contributed by atoms with Crippen LogP contribution in [0, 0.1) is 0 Å². The Hall–Kier alpha value is -0.0600. The molecule has 0 radical (unpaired) electrons. The van der Waals surface area contributed by atoms with Crippen molar-refractivity contribution >= 4 is 22.6 Å². The molecule has 0 bridgehead atoms. The highest BCUT2D eigenvalue weighted by Crippen LogP contribution is 2.12. The van der Waals surface area contributed by atoms with Gasteiger partial charge in [0.15, 0.2) is 0 Å². The summed E-state index contributed by atoms with van der Waals surface area (Å²) < 4.78 is 1.22. The highest BCUT2D eigenvalue weighted by molar-refractivity contribution is 14.1. The van der Waals surface area contributed by atoms with Gasteiger partial charge >= 0.3 is 0 Å². The van der Waals surface area contributed by atoms with Crippen LogP contribution in [-0.2, 0) is 19.3 Å². The number of hydrogen-bond donors (Lipinski definition) is 1. The van der Waals surface area contributed by atoms with Crippen molar-refractivity contribution in [1.82, 2.24) is 9.97 Å². The minimum Gasteiger partial charge on any atom is -0.346 e. The molecule has 0 saturated carbocycles. The highest BCUT2D eigenvalue weighted by Gasteiger charge is 2.07. The van der Waals surface area contributed by atoms with Crippen LogP contribution in [0.5, 0.6) is 0 Å². The number of alkyl halides is 1. The number of aromatic amines is 1. The van der Waals surface area contributed by atoms with Gasteiger partial charge < -0.3 is 4.98 Å². The van der Waals surface area contributed by atoms with Gasteiger partial charge in [0.05, 0.1) is 5.69 Å². The first-order chi connectivity index (χ1) is 8.23. The summed E-state index contributed by atoms with van der Waals surface area (Å²) in [5, 5.41) is 0. The summed E-state index contributed by atoms with van der Waals surface area (Å²) in [7, 11) is 0. The minimum absolute atomic E-state index is 1.08. The van der Waals surface area contributed by atoms with E-state index < -0.39 is 0 Å². The molecule has 1 rings (SSSR count). The molecule has 0 unspecified atom stereocenters. The second-order valence-electron chi connectivity index (χ2n) is 4.13. The molecule has 1 heterocycles. The standard InChI is InChI=1S/C12H22N2.C2H5I/c1-4-7-10-11(8-5-2)14-12(13-10)9-6-3;1-2-3/h4-9H2,1-3H3,(H,13,14);2H2,1H3. The first-order valence-corrected chi connectivity index (χ1v) is 8.38. The van der Waals surface area contributed by atoms with Crippen molar-refractivity contribution in [1.29, 1.82) is 0 Å². The molecule has 0 amide bonds. The van der Waals surface area contributed by atoms with Crippen LogP contribution in [0.25, 0.3) is 0 Å². The molecule has 2 nitrogen and oxygen atoms in total. The maximum absolute atomic E-state index is 4.65. The molecule has 1 N–H and O–H groups in total. The Kier molecular flexibility index (Phi) is 11.0. The van der Waals surface area contributed by atoms with Crippen molar-refractivity contribution in [3.05, 3.63) is 17.2 Å². The van der Waals surface area contributed by atoms with E-state index in [-0.39, 0.29) is 0 Å². The van der Waals surface area contributed by atoms with Gasteiger partial charge in [-0.3, -0.25) is 0 Å². The topological polar surface area (TPSA) is 28.7 Å². The lowest BCUT2D eigenvalue weighted by Gasteiger charge is -1.97. The number of nitrogens with one attached hydrogen (secondary N) is 1. The number of nitrogens with zero attached hydrogens (tertiary/aromatic N) is 1. The Balaban J connectivity index is 0.000000770. The van der Waals surface area contributed by atoms with Gasteiger partial charge in [-0.25, -0.2) is 4.98 Å². The van der Waals surface area contributed by atoms with E-state index in [1.165, 1.54) is 40.9 Å². The molecule has 0 aliphatic carbocycles. The molecule has 0 atom stereocenters. The Morgan fingerprint density at radius 2 is 1.47 bits per heavy atom. The Morgan fingerprint density at radius 1 is 0.941 bits per heavy atom. The Bertz CT molecular complexity index is 258. The molecular weight excluding hydrogens is 323 g/mol. The van der Waals surface area contributed by atoms with Crippen molar-refractivity contribution in [2.24, 2.45) is 0 Å². The van der Waals surface area contributed by atoms with Crippen LogP contribution in [0.3, 0.4) is 0 Å². The SMILES string of the molecule is CCCc1nc(CCC)c(CCC)[nH]1.CCI. The smallest absolute Gasteiger partial charge is 0.106 e. The lowest BCUT2D eigenvalue weighted by Crippen LogP contribution is -1.91. The third-order valence-electron chi connectivity index (χ3n) is 2.39. The van der Waals surface area contributed by atoms with Gasteiger partial charge in [-0.2, -0.15) is 0 Å². The fraction of sp³-hybridized carbons (Fsp3) is 0.786. The summed E-state index contributed by atoms with van der Waals surface area (Å²) in [4.78, 5) is 8.11. The van der Waals surface area contributed by atoms with Gasteiger partial charge in [-0.05, 0) is 23.7 Å². The van der Waals surface area contributed by atoms with E-state index in [0.717, 1.165) is 19.3 Å². The van der Waals surface area contributed by atoms with Gasteiger partial charge in [-0.1, -0.05) is 63.1 Å². The molecular formula is C14H27IN2. The average molecular weight is 350 g/mol. The van der Waals surface area contributed by atoms with Crippen molar-refractivity contribution in [3.8, 4) is 0 Å². The van der Waals surface area contributed by atoms with Crippen LogP contribution < -0.4 is 0 Å². The molecule has 1 aromatic heterocycles. The summed E-state index contributed by atoms with van der Waals surface area (Å²) in [5.74, 6) is 1.18. The number of aromatic nitrogens is 2. The number of rotatable bonds is 6. The lowest BCUT2D eigenvalue weighted by atomic mass is 10.1. The summed E-state index contributed by atoms with van der Waals surface area (Å²) in [6.45, 7) is 8.74.